The summed E-state index contributed by atoms with van der Waals surface area (Å²) in [7, 11) is 2.98. The fraction of sp³-hybridized carbons (Fsp3) is 0.659. The SMILES string of the molecule is COCOCOc1ccc(CC(=O)OCC2=C[C@H]3[C@@H]4C(C)(C)[C@]4(OC(C)=O)[C@H](OC(=O)C4CCCCC4)[C@@H](C)[C@]3(O)[C@@H]3C=C(C)C(=O)[C@@]3(O)C2)cc1OC. The highest BCUT2D eigenvalue weighted by Gasteiger charge is 2.88. The van der Waals surface area contributed by atoms with Crippen LogP contribution in [0.1, 0.15) is 78.7 Å². The largest absolute Gasteiger partial charge is 0.493 e. The quantitative estimate of drug-likeness (QED) is 0.0956. The average molecular weight is 755 g/mol. The third kappa shape index (κ3) is 6.64. The first kappa shape index (κ1) is 39.9. The van der Waals surface area contributed by atoms with E-state index in [0.717, 1.165) is 19.3 Å². The number of hydrogen-bond donors (Lipinski definition) is 2. The van der Waals surface area contributed by atoms with Crippen molar-refractivity contribution in [1.82, 2.24) is 0 Å². The van der Waals surface area contributed by atoms with E-state index in [1.807, 2.05) is 13.8 Å². The Hall–Kier alpha value is -3.78. The highest BCUT2D eigenvalue weighted by Crippen LogP contribution is 2.77. The molecule has 54 heavy (non-hydrogen) atoms. The van der Waals surface area contributed by atoms with Crippen molar-refractivity contribution in [1.29, 1.82) is 0 Å². The second-order valence-corrected chi connectivity index (χ2v) is 16.3. The maximum atomic E-state index is 13.8. The molecule has 8 atom stereocenters. The van der Waals surface area contributed by atoms with E-state index in [4.69, 9.17) is 33.2 Å². The predicted molar refractivity (Wildman–Crippen MR) is 192 cm³/mol. The molecule has 0 radical (unpaired) electrons. The number of ether oxygens (including phenoxy) is 7. The molecule has 0 aromatic heterocycles. The smallest absolute Gasteiger partial charge is 0.310 e. The Labute approximate surface area is 316 Å². The molecule has 3 saturated carbocycles. The standard InChI is InChI=1S/C41H54O13/c1-23-15-32-39(46,35(23)44)19-27(20-51-33(43)18-26-13-14-30(31(17-26)49-7)52-22-50-21-48-6)16-29-34-38(4,5)41(34,54-25(3)42)36(24(2)40(29,32)47)53-37(45)28-11-9-8-10-12-28/h13-17,24,28-29,32,34,36,46-47H,8-12,18-22H2,1-7H3/t24-,29+,32-,34-,36-,39-,40-,41-/m1/s1. The molecule has 0 heterocycles. The van der Waals surface area contributed by atoms with Gasteiger partial charge in [0.05, 0.1) is 25.0 Å². The van der Waals surface area contributed by atoms with Crippen LogP contribution in [0, 0.1) is 35.0 Å². The minimum Gasteiger partial charge on any atom is -0.493 e. The summed E-state index contributed by atoms with van der Waals surface area (Å²) in [5.41, 5.74) is -4.61. The summed E-state index contributed by atoms with van der Waals surface area (Å²) < 4.78 is 39.4. The first-order valence-corrected chi connectivity index (χ1v) is 18.9. The normalized spacial score (nSPS) is 33.9. The van der Waals surface area contributed by atoms with E-state index < -0.39 is 75.7 Å². The minimum absolute atomic E-state index is 0.0614. The van der Waals surface area contributed by atoms with Gasteiger partial charge in [0.15, 0.2) is 29.7 Å². The number of benzene rings is 1. The van der Waals surface area contributed by atoms with Crippen LogP contribution < -0.4 is 9.47 Å². The maximum Gasteiger partial charge on any atom is 0.310 e. The van der Waals surface area contributed by atoms with E-state index >= 15 is 0 Å². The summed E-state index contributed by atoms with van der Waals surface area (Å²) >= 11 is 0. The van der Waals surface area contributed by atoms with Crippen molar-refractivity contribution >= 4 is 23.7 Å². The molecule has 0 aliphatic heterocycles. The van der Waals surface area contributed by atoms with E-state index in [1.165, 1.54) is 21.1 Å². The van der Waals surface area contributed by atoms with Gasteiger partial charge in [-0.05, 0) is 48.6 Å². The average Bonchev–Trinajstić information content (AvgIpc) is 3.56. The number of Topliss-reactive ketones (excluding diaryl/α,β-unsaturated/α-hetero) is 1. The molecule has 1 aromatic carbocycles. The number of carbonyl (C=O) groups is 4. The molecule has 0 spiro atoms. The van der Waals surface area contributed by atoms with Crippen LogP contribution in [0.4, 0.5) is 0 Å². The molecular formula is C41H54O13. The number of fused-ring (bicyclic) bond motifs is 5. The lowest BCUT2D eigenvalue weighted by Gasteiger charge is -2.53. The predicted octanol–water partition coefficient (Wildman–Crippen LogP) is 4.39. The van der Waals surface area contributed by atoms with E-state index in [-0.39, 0.29) is 39.0 Å². The van der Waals surface area contributed by atoms with Gasteiger partial charge in [-0.2, -0.15) is 0 Å². The molecule has 13 nitrogen and oxygen atoms in total. The minimum atomic E-state index is -2.06. The number of ketones is 1. The summed E-state index contributed by atoms with van der Waals surface area (Å²) in [5, 5.41) is 25.5. The molecule has 0 bridgehead atoms. The maximum absolute atomic E-state index is 13.8. The molecule has 0 saturated heterocycles. The van der Waals surface area contributed by atoms with Gasteiger partial charge in [-0.1, -0.05) is 58.3 Å². The Morgan fingerprint density at radius 2 is 1.70 bits per heavy atom. The summed E-state index contributed by atoms with van der Waals surface area (Å²) in [4.78, 5) is 53.6. The van der Waals surface area contributed by atoms with Crippen LogP contribution >= 0.6 is 0 Å². The van der Waals surface area contributed by atoms with Crippen molar-refractivity contribution in [3.8, 4) is 11.5 Å². The third-order valence-electron chi connectivity index (χ3n) is 12.7. The number of hydrogen-bond acceptors (Lipinski definition) is 13. The zero-order valence-corrected chi connectivity index (χ0v) is 32.3. The molecule has 5 aliphatic rings. The van der Waals surface area contributed by atoms with Gasteiger partial charge in [-0.15, -0.1) is 0 Å². The number of methoxy groups -OCH3 is 2. The van der Waals surface area contributed by atoms with E-state index in [9.17, 15) is 29.4 Å². The van der Waals surface area contributed by atoms with Crippen LogP contribution in [0.3, 0.4) is 0 Å². The molecule has 6 rings (SSSR count). The van der Waals surface area contributed by atoms with E-state index in [0.29, 0.717) is 41.1 Å². The fourth-order valence-electron chi connectivity index (χ4n) is 10.2. The fourth-order valence-corrected chi connectivity index (χ4v) is 10.2. The van der Waals surface area contributed by atoms with Crippen LogP contribution in [-0.2, 0) is 49.3 Å². The lowest BCUT2D eigenvalue weighted by molar-refractivity contribution is -0.230. The molecular weight excluding hydrogens is 700 g/mol. The molecule has 13 heteroatoms. The van der Waals surface area contributed by atoms with E-state index in [2.05, 4.69) is 0 Å². The first-order chi connectivity index (χ1) is 25.6. The van der Waals surface area contributed by atoms with Gasteiger partial charge in [-0.3, -0.25) is 19.2 Å². The van der Waals surface area contributed by atoms with Crippen LogP contribution in [0.15, 0.2) is 41.5 Å². The first-order valence-electron chi connectivity index (χ1n) is 18.9. The summed E-state index contributed by atoms with van der Waals surface area (Å²) in [6.45, 7) is 8.24. The monoisotopic (exact) mass is 754 g/mol. The number of carbonyl (C=O) groups excluding carboxylic acids is 4. The van der Waals surface area contributed by atoms with Crippen molar-refractivity contribution in [2.24, 2.45) is 35.0 Å². The molecule has 296 valence electrons. The van der Waals surface area contributed by atoms with Gasteiger partial charge in [-0.25, -0.2) is 0 Å². The molecule has 2 N–H and O–H groups in total. The highest BCUT2D eigenvalue weighted by atomic mass is 16.7. The van der Waals surface area contributed by atoms with Crippen molar-refractivity contribution in [2.45, 2.75) is 102 Å². The van der Waals surface area contributed by atoms with Crippen LogP contribution in [-0.4, -0.2) is 91.2 Å². The third-order valence-corrected chi connectivity index (χ3v) is 12.7. The number of rotatable bonds is 13. The Bertz CT molecular complexity index is 1710. The van der Waals surface area contributed by atoms with Gasteiger partial charge in [0.1, 0.15) is 25.1 Å². The lowest BCUT2D eigenvalue weighted by atomic mass is 9.59. The van der Waals surface area contributed by atoms with Crippen LogP contribution in [0.2, 0.25) is 0 Å². The topological polar surface area (TPSA) is 173 Å². The number of aliphatic hydroxyl groups is 2. The Balaban J connectivity index is 1.30. The summed E-state index contributed by atoms with van der Waals surface area (Å²) in [5.74, 6) is -4.86. The number of esters is 3. The Morgan fingerprint density at radius 3 is 2.37 bits per heavy atom. The van der Waals surface area contributed by atoms with Gasteiger partial charge in [0.25, 0.3) is 0 Å². The molecule has 1 aromatic rings. The van der Waals surface area contributed by atoms with Gasteiger partial charge < -0.3 is 43.4 Å². The molecule has 5 aliphatic carbocycles. The van der Waals surface area contributed by atoms with E-state index in [1.54, 1.807) is 44.2 Å². The van der Waals surface area contributed by atoms with Gasteiger partial charge in [0.2, 0.25) is 0 Å². The van der Waals surface area contributed by atoms with Crippen LogP contribution in [0.5, 0.6) is 11.5 Å². The van der Waals surface area contributed by atoms with Crippen molar-refractivity contribution < 1.29 is 62.5 Å². The zero-order valence-electron chi connectivity index (χ0n) is 32.3. The van der Waals surface area contributed by atoms with Gasteiger partial charge >= 0.3 is 17.9 Å². The second kappa shape index (κ2) is 15.0. The molecule has 0 unspecified atom stereocenters. The van der Waals surface area contributed by atoms with Crippen molar-refractivity contribution in [2.75, 3.05) is 34.4 Å². The molecule has 3 fully saturated rings. The zero-order chi connectivity index (χ0) is 39.2. The second-order valence-electron chi connectivity index (χ2n) is 16.3. The van der Waals surface area contributed by atoms with Crippen molar-refractivity contribution in [3.63, 3.8) is 0 Å². The van der Waals surface area contributed by atoms with Gasteiger partial charge in [0, 0.05) is 49.5 Å². The van der Waals surface area contributed by atoms with Crippen molar-refractivity contribution in [3.05, 3.63) is 47.1 Å². The Kier molecular flexibility index (Phi) is 11.1. The lowest BCUT2D eigenvalue weighted by Crippen LogP contribution is -2.66. The summed E-state index contributed by atoms with van der Waals surface area (Å²) in [6.07, 6.45) is 6.31. The Morgan fingerprint density at radius 1 is 0.981 bits per heavy atom. The highest BCUT2D eigenvalue weighted by molar-refractivity contribution is 6.05. The van der Waals surface area contributed by atoms with Crippen LogP contribution in [0.25, 0.3) is 0 Å². The summed E-state index contributed by atoms with van der Waals surface area (Å²) in [6, 6.07) is 5.01. The molecule has 0 amide bonds.